The van der Waals surface area contributed by atoms with Crippen LogP contribution in [0.5, 0.6) is 5.75 Å². The number of halogens is 3. The van der Waals surface area contributed by atoms with Gasteiger partial charge in [0.25, 0.3) is 5.56 Å². The summed E-state index contributed by atoms with van der Waals surface area (Å²) in [4.78, 5) is 50.2. The summed E-state index contributed by atoms with van der Waals surface area (Å²) in [7, 11) is 1.55. The molecule has 1 saturated heterocycles. The maximum Gasteiger partial charge on any atom is 0.303 e. The van der Waals surface area contributed by atoms with Crippen LogP contribution < -0.4 is 10.3 Å². The Morgan fingerprint density at radius 2 is 1.58 bits per heavy atom. The van der Waals surface area contributed by atoms with Gasteiger partial charge in [0.05, 0.1) is 19.9 Å². The van der Waals surface area contributed by atoms with Crippen LogP contribution >= 0.6 is 11.8 Å². The maximum atomic E-state index is 14.1. The van der Waals surface area contributed by atoms with E-state index in [1.165, 1.54) is 23.8 Å². The summed E-state index contributed by atoms with van der Waals surface area (Å²) in [5.41, 5.74) is -0.883. The molecule has 2 aromatic carbocycles. The summed E-state index contributed by atoms with van der Waals surface area (Å²) in [6, 6.07) is 10.5. The van der Waals surface area contributed by atoms with Gasteiger partial charge in [0.1, 0.15) is 35.6 Å². The van der Waals surface area contributed by atoms with E-state index in [2.05, 4.69) is 10.3 Å². The van der Waals surface area contributed by atoms with Crippen LogP contribution in [0.3, 0.4) is 0 Å². The van der Waals surface area contributed by atoms with Gasteiger partial charge in [0.2, 0.25) is 0 Å². The molecule has 4 aromatic rings. The van der Waals surface area contributed by atoms with Gasteiger partial charge in [-0.3, -0.25) is 19.2 Å². The maximum absolute atomic E-state index is 14.1. The van der Waals surface area contributed by atoms with E-state index < -0.39 is 71.8 Å². The number of esters is 3. The Morgan fingerprint density at radius 1 is 0.920 bits per heavy atom. The van der Waals surface area contributed by atoms with Crippen molar-refractivity contribution in [3.63, 3.8) is 0 Å². The quantitative estimate of drug-likeness (QED) is 0.125. The molecule has 3 heterocycles. The molecule has 0 saturated carbocycles. The molecule has 0 radical (unpaired) electrons. The van der Waals surface area contributed by atoms with Crippen LogP contribution in [-0.4, -0.2) is 74.9 Å². The van der Waals surface area contributed by atoms with E-state index in [1.807, 2.05) is 12.1 Å². The second-order valence-electron chi connectivity index (χ2n) is 11.1. The molecule has 1 aliphatic rings. The molecule has 5 rings (SSSR count). The van der Waals surface area contributed by atoms with Crippen molar-refractivity contribution in [1.82, 2.24) is 19.6 Å². The number of methoxy groups -OCH3 is 1. The lowest BCUT2D eigenvalue weighted by Crippen LogP contribution is -2.57. The van der Waals surface area contributed by atoms with Gasteiger partial charge in [-0.05, 0) is 35.9 Å². The van der Waals surface area contributed by atoms with Gasteiger partial charge in [-0.25, -0.2) is 17.9 Å². The number of hydrogen-bond donors (Lipinski definition) is 0. The van der Waals surface area contributed by atoms with Crippen LogP contribution in [0.2, 0.25) is 0 Å². The van der Waals surface area contributed by atoms with E-state index in [9.17, 15) is 32.3 Å². The van der Waals surface area contributed by atoms with Gasteiger partial charge in [-0.15, -0.1) is 5.10 Å². The van der Waals surface area contributed by atoms with Gasteiger partial charge in [-0.1, -0.05) is 29.1 Å². The second kappa shape index (κ2) is 15.6. The van der Waals surface area contributed by atoms with E-state index in [1.54, 1.807) is 31.5 Å². The van der Waals surface area contributed by atoms with Gasteiger partial charge in [0.15, 0.2) is 29.7 Å². The Kier molecular flexibility index (Phi) is 11.3. The molecular formula is C33H31F3N4O9S. The van der Waals surface area contributed by atoms with Crippen molar-refractivity contribution >= 4 is 29.7 Å². The predicted octanol–water partition coefficient (Wildman–Crippen LogP) is 4.07. The highest BCUT2D eigenvalue weighted by Crippen LogP contribution is 2.41. The third-order valence-corrected chi connectivity index (χ3v) is 8.64. The molecule has 264 valence electrons. The number of ether oxygens (including phenoxy) is 5. The van der Waals surface area contributed by atoms with Crippen molar-refractivity contribution in [3.05, 3.63) is 94.3 Å². The lowest BCUT2D eigenvalue weighted by molar-refractivity contribution is -0.212. The van der Waals surface area contributed by atoms with Gasteiger partial charge in [0, 0.05) is 43.5 Å². The normalized spacial score (nSPS) is 20.2. The average Bonchev–Trinajstić information content (AvgIpc) is 3.55. The molecule has 1 fully saturated rings. The van der Waals surface area contributed by atoms with E-state index in [0.717, 1.165) is 48.0 Å². The fourth-order valence-corrected chi connectivity index (χ4v) is 6.42. The number of pyridine rings is 1. The molecule has 2 aromatic heterocycles. The molecule has 0 bridgehead atoms. The third-order valence-electron chi connectivity index (χ3n) is 7.50. The number of rotatable bonds is 11. The largest absolute Gasteiger partial charge is 0.497 e. The minimum atomic E-state index is -1.67. The van der Waals surface area contributed by atoms with Crippen molar-refractivity contribution in [3.8, 4) is 17.0 Å². The summed E-state index contributed by atoms with van der Waals surface area (Å²) < 4.78 is 72.4. The van der Waals surface area contributed by atoms with E-state index >= 15 is 0 Å². The number of hydrogen-bond acceptors (Lipinski definition) is 12. The van der Waals surface area contributed by atoms with Crippen molar-refractivity contribution in [2.45, 2.75) is 62.0 Å². The first-order chi connectivity index (χ1) is 23.8. The SMILES string of the molecule is COc1ccc(Cn2ccc(SC3OC(COC(C)=O)C(OC(C)=O)C(n4cc(-c5cc(F)c(F)c(F)c5)nn4)C3OC(C)=O)cc2=O)cc1. The smallest absolute Gasteiger partial charge is 0.303 e. The number of thioether (sulfide) groups is 1. The molecule has 0 aliphatic carbocycles. The van der Waals surface area contributed by atoms with Crippen molar-refractivity contribution < 1.29 is 51.2 Å². The molecule has 5 atom stereocenters. The zero-order valence-corrected chi connectivity index (χ0v) is 27.9. The lowest BCUT2D eigenvalue weighted by Gasteiger charge is -2.44. The summed E-state index contributed by atoms with van der Waals surface area (Å²) in [6.07, 6.45) is -0.963. The highest BCUT2D eigenvalue weighted by Gasteiger charge is 2.52. The summed E-state index contributed by atoms with van der Waals surface area (Å²) in [5, 5.41) is 8.04. The molecule has 13 nitrogen and oxygen atoms in total. The molecular weight excluding hydrogens is 685 g/mol. The van der Waals surface area contributed by atoms with Crippen LogP contribution in [0.15, 0.2) is 70.6 Å². The number of carbonyl (C=O) groups is 3. The Labute approximate surface area is 287 Å². The van der Waals surface area contributed by atoms with Crippen molar-refractivity contribution in [2.75, 3.05) is 13.7 Å². The molecule has 17 heteroatoms. The van der Waals surface area contributed by atoms with Crippen LogP contribution in [0.25, 0.3) is 11.3 Å². The molecule has 0 N–H and O–H groups in total. The fraction of sp³-hybridized carbons (Fsp3) is 0.333. The number of aromatic nitrogens is 4. The predicted molar refractivity (Wildman–Crippen MR) is 169 cm³/mol. The summed E-state index contributed by atoms with van der Waals surface area (Å²) >= 11 is 1.00. The van der Waals surface area contributed by atoms with Crippen LogP contribution in [0, 0.1) is 17.5 Å². The number of benzene rings is 2. The number of carbonyl (C=O) groups excluding carboxylic acids is 3. The first-order valence-corrected chi connectivity index (χ1v) is 15.9. The molecule has 5 unspecified atom stereocenters. The molecule has 0 amide bonds. The Hall–Kier alpha value is -5.16. The molecule has 0 spiro atoms. The highest BCUT2D eigenvalue weighted by molar-refractivity contribution is 7.99. The first-order valence-electron chi connectivity index (χ1n) is 15.0. The monoisotopic (exact) mass is 716 g/mol. The van der Waals surface area contributed by atoms with Crippen molar-refractivity contribution in [1.29, 1.82) is 0 Å². The minimum absolute atomic E-state index is 0.0985. The van der Waals surface area contributed by atoms with Crippen LogP contribution in [0.1, 0.15) is 32.4 Å². The van der Waals surface area contributed by atoms with Crippen molar-refractivity contribution in [2.24, 2.45) is 0 Å². The molecule has 1 aliphatic heterocycles. The topological polar surface area (TPSA) is 150 Å². The lowest BCUT2D eigenvalue weighted by atomic mass is 9.96. The second-order valence-corrected chi connectivity index (χ2v) is 12.3. The molecule has 50 heavy (non-hydrogen) atoms. The van der Waals surface area contributed by atoms with Crippen LogP contribution in [-0.2, 0) is 39.9 Å². The zero-order chi connectivity index (χ0) is 36.1. The van der Waals surface area contributed by atoms with E-state index in [-0.39, 0.29) is 23.4 Å². The van der Waals surface area contributed by atoms with Gasteiger partial charge >= 0.3 is 17.9 Å². The summed E-state index contributed by atoms with van der Waals surface area (Å²) in [6.45, 7) is 3.30. The van der Waals surface area contributed by atoms with Gasteiger partial charge in [-0.2, -0.15) is 0 Å². The van der Waals surface area contributed by atoms with Gasteiger partial charge < -0.3 is 28.3 Å². The Morgan fingerprint density at radius 3 is 2.18 bits per heavy atom. The fourth-order valence-electron chi connectivity index (χ4n) is 5.29. The Bertz CT molecular complexity index is 1910. The third kappa shape index (κ3) is 8.52. The standard InChI is InChI=1S/C33H31F3N4O9S/c1-17(41)46-16-27-31(47-18(2)42)30(40-15-26(37-38-40)21-11-24(34)29(36)25(35)12-21)32(48-19(3)43)33(49-27)50-23-9-10-39(28(44)13-23)14-20-5-7-22(45-4)8-6-20/h5-13,15,27,30-33H,14,16H2,1-4H3. The van der Waals surface area contributed by atoms with E-state index in [0.29, 0.717) is 10.6 Å². The highest BCUT2D eigenvalue weighted by atomic mass is 32.2. The summed E-state index contributed by atoms with van der Waals surface area (Å²) in [5.74, 6) is -6.11. The van der Waals surface area contributed by atoms with Crippen LogP contribution in [0.4, 0.5) is 13.2 Å². The number of nitrogens with zero attached hydrogens (tertiary/aromatic N) is 4. The van der Waals surface area contributed by atoms with E-state index in [4.69, 9.17) is 23.7 Å². The Balaban J connectivity index is 1.52. The zero-order valence-electron chi connectivity index (χ0n) is 27.1. The minimum Gasteiger partial charge on any atom is -0.497 e. The average molecular weight is 717 g/mol. The first kappa shape index (κ1) is 36.1.